The highest BCUT2D eigenvalue weighted by Gasteiger charge is 2.20. The van der Waals surface area contributed by atoms with Gasteiger partial charge >= 0.3 is 0 Å². The number of benzene rings is 1. The fourth-order valence-corrected chi connectivity index (χ4v) is 2.09. The van der Waals surface area contributed by atoms with Crippen molar-refractivity contribution in [2.45, 2.75) is 38.3 Å². The molecule has 1 aromatic rings. The average Bonchev–Trinajstić information content (AvgIpc) is 2.32. The minimum Gasteiger partial charge on any atom is -0.508 e. The van der Waals surface area contributed by atoms with Crippen LogP contribution in [0.15, 0.2) is 24.3 Å². The van der Waals surface area contributed by atoms with Crippen LogP contribution < -0.4 is 5.32 Å². The predicted molar refractivity (Wildman–Crippen MR) is 64.8 cm³/mol. The van der Waals surface area contributed by atoms with Crippen LogP contribution in [0.1, 0.15) is 26.2 Å². The van der Waals surface area contributed by atoms with Gasteiger partial charge in [0.15, 0.2) is 0 Å². The first-order valence-electron chi connectivity index (χ1n) is 5.95. The molecule has 88 valence electrons. The molecule has 0 spiro atoms. The van der Waals surface area contributed by atoms with E-state index in [9.17, 15) is 5.11 Å². The molecule has 0 aliphatic carbocycles. The number of phenols is 1. The smallest absolute Gasteiger partial charge is 0.115 e. The van der Waals surface area contributed by atoms with Crippen LogP contribution in [0, 0.1) is 0 Å². The first kappa shape index (κ1) is 11.3. The fraction of sp³-hybridized carbons (Fsp3) is 0.538. The molecule has 1 aliphatic rings. The van der Waals surface area contributed by atoms with Crippen LogP contribution in [0.3, 0.4) is 0 Å². The van der Waals surface area contributed by atoms with Crippen molar-refractivity contribution in [3.63, 3.8) is 0 Å². The van der Waals surface area contributed by atoms with Gasteiger partial charge in [-0.05, 0) is 43.5 Å². The summed E-state index contributed by atoms with van der Waals surface area (Å²) in [7, 11) is 0. The molecule has 0 bridgehead atoms. The van der Waals surface area contributed by atoms with Gasteiger partial charge in [0.2, 0.25) is 0 Å². The van der Waals surface area contributed by atoms with Crippen molar-refractivity contribution in [3.05, 3.63) is 24.3 Å². The molecule has 16 heavy (non-hydrogen) atoms. The SMILES string of the molecule is CCC1CC(Nc2ccc(O)cc2)CCO1. The van der Waals surface area contributed by atoms with Gasteiger partial charge in [-0.2, -0.15) is 0 Å². The Labute approximate surface area is 96.4 Å². The maximum atomic E-state index is 9.19. The van der Waals surface area contributed by atoms with Crippen molar-refractivity contribution in [2.24, 2.45) is 0 Å². The number of nitrogens with one attached hydrogen (secondary N) is 1. The number of phenolic OH excluding ortho intramolecular Hbond substituents is 1. The topological polar surface area (TPSA) is 41.5 Å². The quantitative estimate of drug-likeness (QED) is 0.771. The molecule has 0 aromatic heterocycles. The lowest BCUT2D eigenvalue weighted by Crippen LogP contribution is -2.33. The lowest BCUT2D eigenvalue weighted by molar-refractivity contribution is 0.00925. The molecular weight excluding hydrogens is 202 g/mol. The van der Waals surface area contributed by atoms with Crippen LogP contribution in [0.25, 0.3) is 0 Å². The highest BCUT2D eigenvalue weighted by molar-refractivity contribution is 5.46. The third kappa shape index (κ3) is 2.89. The zero-order valence-corrected chi connectivity index (χ0v) is 9.65. The standard InChI is InChI=1S/C13H19NO2/c1-2-13-9-11(7-8-16-13)14-10-3-5-12(15)6-4-10/h3-6,11,13-15H,2,7-9H2,1H3. The third-order valence-electron chi connectivity index (χ3n) is 3.06. The van der Waals surface area contributed by atoms with E-state index in [2.05, 4.69) is 12.2 Å². The fourth-order valence-electron chi connectivity index (χ4n) is 2.09. The van der Waals surface area contributed by atoms with E-state index in [-0.39, 0.29) is 0 Å². The van der Waals surface area contributed by atoms with Gasteiger partial charge in [0.05, 0.1) is 6.10 Å². The molecule has 2 rings (SSSR count). The van der Waals surface area contributed by atoms with E-state index < -0.39 is 0 Å². The van der Waals surface area contributed by atoms with Crippen molar-refractivity contribution in [1.82, 2.24) is 0 Å². The normalized spacial score (nSPS) is 25.3. The number of hydrogen-bond acceptors (Lipinski definition) is 3. The molecular formula is C13H19NO2. The first-order chi connectivity index (χ1) is 7.78. The number of aromatic hydroxyl groups is 1. The van der Waals surface area contributed by atoms with Crippen LogP contribution in [0.5, 0.6) is 5.75 Å². The predicted octanol–water partition coefficient (Wildman–Crippen LogP) is 2.76. The molecule has 3 heteroatoms. The minimum absolute atomic E-state index is 0.309. The summed E-state index contributed by atoms with van der Waals surface area (Å²) in [5, 5.41) is 12.7. The van der Waals surface area contributed by atoms with E-state index in [1.807, 2.05) is 12.1 Å². The Hall–Kier alpha value is -1.22. The van der Waals surface area contributed by atoms with Crippen LogP contribution in [-0.4, -0.2) is 23.9 Å². The van der Waals surface area contributed by atoms with Gasteiger partial charge < -0.3 is 15.2 Å². The Morgan fingerprint density at radius 1 is 1.38 bits per heavy atom. The Kier molecular flexibility index (Phi) is 3.67. The molecule has 1 fully saturated rings. The van der Waals surface area contributed by atoms with Crippen molar-refractivity contribution < 1.29 is 9.84 Å². The summed E-state index contributed by atoms with van der Waals surface area (Å²) in [4.78, 5) is 0. The molecule has 2 atom stereocenters. The van der Waals surface area contributed by atoms with E-state index in [4.69, 9.17) is 4.74 Å². The van der Waals surface area contributed by atoms with Crippen LogP contribution in [-0.2, 0) is 4.74 Å². The largest absolute Gasteiger partial charge is 0.508 e. The minimum atomic E-state index is 0.309. The van der Waals surface area contributed by atoms with Crippen molar-refractivity contribution in [2.75, 3.05) is 11.9 Å². The van der Waals surface area contributed by atoms with E-state index in [1.54, 1.807) is 12.1 Å². The summed E-state index contributed by atoms with van der Waals surface area (Å²) < 4.78 is 5.63. The van der Waals surface area contributed by atoms with Gasteiger partial charge in [0, 0.05) is 18.3 Å². The summed E-state index contributed by atoms with van der Waals surface area (Å²) in [6.45, 7) is 3.00. The maximum Gasteiger partial charge on any atom is 0.115 e. The van der Waals surface area contributed by atoms with E-state index >= 15 is 0 Å². The Bertz CT molecular complexity index is 323. The van der Waals surface area contributed by atoms with Crippen molar-refractivity contribution >= 4 is 5.69 Å². The second-order valence-electron chi connectivity index (χ2n) is 4.31. The van der Waals surface area contributed by atoms with E-state index in [0.717, 1.165) is 31.6 Å². The van der Waals surface area contributed by atoms with Crippen molar-refractivity contribution in [1.29, 1.82) is 0 Å². The number of ether oxygens (including phenoxy) is 1. The Balaban J connectivity index is 1.91. The molecule has 0 saturated carbocycles. The molecule has 0 amide bonds. The van der Waals surface area contributed by atoms with Gasteiger partial charge in [0.25, 0.3) is 0 Å². The lowest BCUT2D eigenvalue weighted by Gasteiger charge is -2.30. The Morgan fingerprint density at radius 2 is 2.12 bits per heavy atom. The molecule has 2 unspecified atom stereocenters. The van der Waals surface area contributed by atoms with E-state index in [1.165, 1.54) is 0 Å². The number of anilines is 1. The van der Waals surface area contributed by atoms with Gasteiger partial charge in [-0.1, -0.05) is 6.92 Å². The van der Waals surface area contributed by atoms with Gasteiger partial charge in [0.1, 0.15) is 5.75 Å². The first-order valence-corrected chi connectivity index (χ1v) is 5.95. The molecule has 0 radical (unpaired) electrons. The van der Waals surface area contributed by atoms with Crippen molar-refractivity contribution in [3.8, 4) is 5.75 Å². The highest BCUT2D eigenvalue weighted by atomic mass is 16.5. The van der Waals surface area contributed by atoms with E-state index in [0.29, 0.717) is 17.9 Å². The number of hydrogen-bond donors (Lipinski definition) is 2. The molecule has 2 N–H and O–H groups in total. The van der Waals surface area contributed by atoms with Crippen LogP contribution in [0.4, 0.5) is 5.69 Å². The molecule has 1 aromatic carbocycles. The maximum absolute atomic E-state index is 9.19. The molecule has 1 aliphatic heterocycles. The summed E-state index contributed by atoms with van der Waals surface area (Å²) in [6.07, 6.45) is 3.59. The highest BCUT2D eigenvalue weighted by Crippen LogP contribution is 2.21. The third-order valence-corrected chi connectivity index (χ3v) is 3.06. The summed E-state index contributed by atoms with van der Waals surface area (Å²) in [6, 6.07) is 7.72. The summed E-state index contributed by atoms with van der Waals surface area (Å²) in [5.74, 6) is 0.309. The van der Waals surface area contributed by atoms with Gasteiger partial charge in [-0.15, -0.1) is 0 Å². The number of rotatable bonds is 3. The zero-order valence-electron chi connectivity index (χ0n) is 9.65. The molecule has 1 saturated heterocycles. The lowest BCUT2D eigenvalue weighted by atomic mass is 10.0. The monoisotopic (exact) mass is 221 g/mol. The zero-order chi connectivity index (χ0) is 11.4. The second-order valence-corrected chi connectivity index (χ2v) is 4.31. The molecule has 3 nitrogen and oxygen atoms in total. The van der Waals surface area contributed by atoms with Gasteiger partial charge in [-0.25, -0.2) is 0 Å². The average molecular weight is 221 g/mol. The summed E-state index contributed by atoms with van der Waals surface area (Å²) in [5.41, 5.74) is 1.07. The van der Waals surface area contributed by atoms with Gasteiger partial charge in [-0.3, -0.25) is 0 Å². The molecule has 1 heterocycles. The van der Waals surface area contributed by atoms with Crippen LogP contribution in [0.2, 0.25) is 0 Å². The van der Waals surface area contributed by atoms with Crippen LogP contribution >= 0.6 is 0 Å². The summed E-state index contributed by atoms with van der Waals surface area (Å²) >= 11 is 0. The second kappa shape index (κ2) is 5.21. The Morgan fingerprint density at radius 3 is 2.81 bits per heavy atom.